The molecule has 2 fully saturated rings. The maximum atomic E-state index is 2.69. The highest BCUT2D eigenvalue weighted by Crippen LogP contribution is 2.31. The third-order valence-electron chi connectivity index (χ3n) is 3.22. The van der Waals surface area contributed by atoms with Gasteiger partial charge in [0.05, 0.1) is 0 Å². The van der Waals surface area contributed by atoms with E-state index in [4.69, 9.17) is 0 Å². The maximum Gasteiger partial charge on any atom is 0.00994 e. The Kier molecular flexibility index (Phi) is 2.37. The van der Waals surface area contributed by atoms with Crippen LogP contribution in [0.5, 0.6) is 0 Å². The van der Waals surface area contributed by atoms with Crippen LogP contribution < -0.4 is 0 Å². The van der Waals surface area contributed by atoms with E-state index in [1.807, 2.05) is 0 Å². The van der Waals surface area contributed by atoms with Crippen molar-refractivity contribution in [2.75, 3.05) is 33.7 Å². The zero-order valence-corrected chi connectivity index (χ0v) is 8.29. The van der Waals surface area contributed by atoms with Gasteiger partial charge in [0.2, 0.25) is 0 Å². The van der Waals surface area contributed by atoms with Crippen LogP contribution in [0.15, 0.2) is 0 Å². The SMILES string of the molecule is CN(C)CC1CC2CCCN2C1. The average Bonchev–Trinajstić information content (AvgIpc) is 2.43. The van der Waals surface area contributed by atoms with Gasteiger partial charge in [0.25, 0.3) is 0 Å². The zero-order chi connectivity index (χ0) is 8.55. The summed E-state index contributed by atoms with van der Waals surface area (Å²) >= 11 is 0. The van der Waals surface area contributed by atoms with Gasteiger partial charge in [-0.2, -0.15) is 0 Å². The fourth-order valence-electron chi connectivity index (χ4n) is 2.84. The molecule has 0 aromatic rings. The van der Waals surface area contributed by atoms with Gasteiger partial charge < -0.3 is 9.80 Å². The Morgan fingerprint density at radius 1 is 1.42 bits per heavy atom. The second-order valence-electron chi connectivity index (χ2n) is 4.65. The molecule has 0 spiro atoms. The van der Waals surface area contributed by atoms with Gasteiger partial charge in [0.15, 0.2) is 0 Å². The Morgan fingerprint density at radius 2 is 2.25 bits per heavy atom. The van der Waals surface area contributed by atoms with Crippen molar-refractivity contribution in [2.45, 2.75) is 25.3 Å². The largest absolute Gasteiger partial charge is 0.309 e. The van der Waals surface area contributed by atoms with Crippen LogP contribution in [-0.2, 0) is 0 Å². The first-order chi connectivity index (χ1) is 5.75. The van der Waals surface area contributed by atoms with Crippen LogP contribution in [0.2, 0.25) is 0 Å². The van der Waals surface area contributed by atoms with E-state index in [1.54, 1.807) is 0 Å². The van der Waals surface area contributed by atoms with Gasteiger partial charge in [-0.05, 0) is 45.8 Å². The van der Waals surface area contributed by atoms with Crippen molar-refractivity contribution in [3.63, 3.8) is 0 Å². The molecule has 12 heavy (non-hydrogen) atoms. The highest BCUT2D eigenvalue weighted by atomic mass is 15.2. The predicted molar refractivity (Wildman–Crippen MR) is 51.3 cm³/mol. The Bertz CT molecular complexity index is 144. The van der Waals surface area contributed by atoms with Gasteiger partial charge in [0, 0.05) is 19.1 Å². The van der Waals surface area contributed by atoms with Gasteiger partial charge in [0.1, 0.15) is 0 Å². The minimum Gasteiger partial charge on any atom is -0.309 e. The minimum absolute atomic E-state index is 0.949. The quantitative estimate of drug-likeness (QED) is 0.607. The summed E-state index contributed by atoms with van der Waals surface area (Å²) in [5.41, 5.74) is 0. The van der Waals surface area contributed by atoms with E-state index in [9.17, 15) is 0 Å². The molecular weight excluding hydrogens is 148 g/mol. The lowest BCUT2D eigenvalue weighted by atomic mass is 10.0. The molecule has 0 N–H and O–H groups in total. The standard InChI is InChI=1S/C10H20N2/c1-11(2)7-9-6-10-4-3-5-12(10)8-9/h9-10H,3-8H2,1-2H3. The highest BCUT2D eigenvalue weighted by Gasteiger charge is 2.34. The summed E-state index contributed by atoms with van der Waals surface area (Å²) in [6, 6.07) is 0.954. The Labute approximate surface area is 75.5 Å². The molecule has 2 saturated heterocycles. The average molecular weight is 168 g/mol. The molecule has 0 aromatic carbocycles. The summed E-state index contributed by atoms with van der Waals surface area (Å²) in [6.45, 7) is 4.02. The third-order valence-corrected chi connectivity index (χ3v) is 3.22. The van der Waals surface area contributed by atoms with Crippen LogP contribution in [0, 0.1) is 5.92 Å². The van der Waals surface area contributed by atoms with Crippen molar-refractivity contribution in [1.29, 1.82) is 0 Å². The van der Waals surface area contributed by atoms with Crippen molar-refractivity contribution in [3.8, 4) is 0 Å². The first-order valence-electron chi connectivity index (χ1n) is 5.14. The molecule has 70 valence electrons. The van der Waals surface area contributed by atoms with E-state index in [1.165, 1.54) is 38.9 Å². The van der Waals surface area contributed by atoms with Crippen LogP contribution in [0.3, 0.4) is 0 Å². The van der Waals surface area contributed by atoms with E-state index < -0.39 is 0 Å². The first-order valence-corrected chi connectivity index (χ1v) is 5.14. The molecule has 2 unspecified atom stereocenters. The molecule has 0 aliphatic carbocycles. The third kappa shape index (κ3) is 1.64. The molecule has 0 amide bonds. The molecule has 0 aromatic heterocycles. The molecule has 0 radical (unpaired) electrons. The Morgan fingerprint density at radius 3 is 2.92 bits per heavy atom. The Balaban J connectivity index is 1.82. The maximum absolute atomic E-state index is 2.69. The molecule has 2 nitrogen and oxygen atoms in total. The Hall–Kier alpha value is -0.0800. The van der Waals surface area contributed by atoms with Gasteiger partial charge in [-0.25, -0.2) is 0 Å². The monoisotopic (exact) mass is 168 g/mol. The fraction of sp³-hybridized carbons (Fsp3) is 1.00. The molecule has 2 heterocycles. The summed E-state index contributed by atoms with van der Waals surface area (Å²) in [5, 5.41) is 0. The molecule has 2 heteroatoms. The van der Waals surface area contributed by atoms with Crippen LogP contribution in [-0.4, -0.2) is 49.6 Å². The predicted octanol–water partition coefficient (Wildman–Crippen LogP) is 1.03. The van der Waals surface area contributed by atoms with Crippen LogP contribution in [0.1, 0.15) is 19.3 Å². The van der Waals surface area contributed by atoms with Gasteiger partial charge >= 0.3 is 0 Å². The molecule has 0 bridgehead atoms. The minimum atomic E-state index is 0.949. The lowest BCUT2D eigenvalue weighted by Crippen LogP contribution is -2.25. The molecular formula is C10H20N2. The van der Waals surface area contributed by atoms with Gasteiger partial charge in [-0.3, -0.25) is 0 Å². The number of hydrogen-bond donors (Lipinski definition) is 0. The number of fused-ring (bicyclic) bond motifs is 1. The second kappa shape index (κ2) is 3.35. The van der Waals surface area contributed by atoms with Crippen LogP contribution >= 0.6 is 0 Å². The molecule has 2 atom stereocenters. The van der Waals surface area contributed by atoms with E-state index >= 15 is 0 Å². The van der Waals surface area contributed by atoms with Crippen LogP contribution in [0.25, 0.3) is 0 Å². The van der Waals surface area contributed by atoms with Crippen molar-refractivity contribution < 1.29 is 0 Å². The summed E-state index contributed by atoms with van der Waals surface area (Å²) in [7, 11) is 4.37. The number of rotatable bonds is 2. The molecule has 2 aliphatic heterocycles. The molecule has 2 aliphatic rings. The number of nitrogens with zero attached hydrogens (tertiary/aromatic N) is 2. The van der Waals surface area contributed by atoms with E-state index in [2.05, 4.69) is 23.9 Å². The van der Waals surface area contributed by atoms with E-state index in [0.717, 1.165) is 12.0 Å². The topological polar surface area (TPSA) is 6.48 Å². The van der Waals surface area contributed by atoms with E-state index in [0.29, 0.717) is 0 Å². The van der Waals surface area contributed by atoms with E-state index in [-0.39, 0.29) is 0 Å². The summed E-state index contributed by atoms with van der Waals surface area (Å²) in [6.07, 6.45) is 4.36. The lowest BCUT2D eigenvalue weighted by molar-refractivity contribution is 0.294. The summed E-state index contributed by atoms with van der Waals surface area (Å²) in [4.78, 5) is 5.01. The van der Waals surface area contributed by atoms with Crippen molar-refractivity contribution in [2.24, 2.45) is 5.92 Å². The highest BCUT2D eigenvalue weighted by molar-refractivity contribution is 4.90. The second-order valence-corrected chi connectivity index (χ2v) is 4.65. The summed E-state index contributed by atoms with van der Waals surface area (Å²) < 4.78 is 0. The van der Waals surface area contributed by atoms with Crippen molar-refractivity contribution in [1.82, 2.24) is 9.80 Å². The van der Waals surface area contributed by atoms with Crippen LogP contribution in [0.4, 0.5) is 0 Å². The van der Waals surface area contributed by atoms with Crippen molar-refractivity contribution >= 4 is 0 Å². The van der Waals surface area contributed by atoms with Gasteiger partial charge in [-0.15, -0.1) is 0 Å². The summed E-state index contributed by atoms with van der Waals surface area (Å²) in [5.74, 6) is 0.949. The lowest BCUT2D eigenvalue weighted by Gasteiger charge is -2.16. The fourth-order valence-corrected chi connectivity index (χ4v) is 2.84. The normalized spacial score (nSPS) is 36.2. The zero-order valence-electron chi connectivity index (χ0n) is 8.29. The molecule has 0 saturated carbocycles. The molecule has 2 rings (SSSR count). The smallest absolute Gasteiger partial charge is 0.00994 e. The first kappa shape index (κ1) is 8.52. The van der Waals surface area contributed by atoms with Crippen molar-refractivity contribution in [3.05, 3.63) is 0 Å². The number of hydrogen-bond acceptors (Lipinski definition) is 2. The van der Waals surface area contributed by atoms with Gasteiger partial charge in [-0.1, -0.05) is 0 Å².